The van der Waals surface area contributed by atoms with Crippen LogP contribution in [0.15, 0.2) is 49.1 Å². The molecule has 3 rings (SSSR count). The van der Waals surface area contributed by atoms with Gasteiger partial charge in [0.15, 0.2) is 0 Å². The minimum Gasteiger partial charge on any atom is -0.319 e. The lowest BCUT2D eigenvalue weighted by Gasteiger charge is -2.17. The van der Waals surface area contributed by atoms with Crippen LogP contribution in [0, 0.1) is 0 Å². The van der Waals surface area contributed by atoms with E-state index in [0.717, 1.165) is 52.4 Å². The molecular weight excluding hydrogens is 456 g/mol. The highest BCUT2D eigenvalue weighted by Crippen LogP contribution is 2.12. The molecule has 2 amide bonds. The Kier molecular flexibility index (Phi) is 10.2. The molecule has 2 aromatic heterocycles. The molecule has 0 aliphatic carbocycles. The van der Waals surface area contributed by atoms with Gasteiger partial charge in [-0.2, -0.15) is 10.2 Å². The number of likely N-dealkylation sites (N-methyl/N-ethyl adjacent to an activating group) is 2. The van der Waals surface area contributed by atoms with E-state index < -0.39 is 0 Å². The summed E-state index contributed by atoms with van der Waals surface area (Å²) < 4.78 is 3.65. The Morgan fingerprint density at radius 2 is 1.06 bits per heavy atom. The van der Waals surface area contributed by atoms with E-state index in [2.05, 4.69) is 58.3 Å². The number of hydrogen-bond acceptors (Lipinski definition) is 6. The van der Waals surface area contributed by atoms with Crippen LogP contribution < -0.4 is 10.6 Å². The topological polar surface area (TPSA) is 100 Å². The van der Waals surface area contributed by atoms with Crippen molar-refractivity contribution in [3.8, 4) is 0 Å². The lowest BCUT2D eigenvalue weighted by Crippen LogP contribution is -2.27. The van der Waals surface area contributed by atoms with Crippen molar-refractivity contribution in [3.63, 3.8) is 0 Å². The molecule has 2 N–H and O–H groups in total. The van der Waals surface area contributed by atoms with Crippen molar-refractivity contribution in [1.82, 2.24) is 29.4 Å². The van der Waals surface area contributed by atoms with Gasteiger partial charge in [-0.15, -0.1) is 0 Å². The summed E-state index contributed by atoms with van der Waals surface area (Å²) in [6.07, 6.45) is 6.94. The summed E-state index contributed by atoms with van der Waals surface area (Å²) in [4.78, 5) is 29.9. The van der Waals surface area contributed by atoms with Gasteiger partial charge in [0.2, 0.25) is 0 Å². The number of nitrogens with one attached hydrogen (secondary N) is 2. The van der Waals surface area contributed by atoms with Crippen LogP contribution in [-0.2, 0) is 13.1 Å². The van der Waals surface area contributed by atoms with Crippen LogP contribution in [-0.4, -0.2) is 80.4 Å². The van der Waals surface area contributed by atoms with Gasteiger partial charge in [0.1, 0.15) is 0 Å². The van der Waals surface area contributed by atoms with Gasteiger partial charge in [-0.3, -0.25) is 19.0 Å². The zero-order chi connectivity index (χ0) is 25.9. The van der Waals surface area contributed by atoms with Gasteiger partial charge in [-0.05, 0) is 50.4 Å². The molecular formula is C26H38N8O2. The number of anilines is 2. The van der Waals surface area contributed by atoms with Crippen molar-refractivity contribution in [3.05, 3.63) is 60.2 Å². The molecule has 0 radical (unpaired) electrons. The van der Waals surface area contributed by atoms with Crippen molar-refractivity contribution in [2.45, 2.75) is 40.8 Å². The molecule has 0 spiro atoms. The predicted octanol–water partition coefficient (Wildman–Crippen LogP) is 3.27. The van der Waals surface area contributed by atoms with Gasteiger partial charge in [-0.25, -0.2) is 0 Å². The fourth-order valence-electron chi connectivity index (χ4n) is 3.85. The second-order valence-electron chi connectivity index (χ2n) is 8.52. The molecule has 2 heterocycles. The zero-order valence-corrected chi connectivity index (χ0v) is 21.8. The second kappa shape index (κ2) is 13.6. The van der Waals surface area contributed by atoms with E-state index in [1.165, 1.54) is 0 Å². The van der Waals surface area contributed by atoms with Gasteiger partial charge in [-0.1, -0.05) is 27.7 Å². The van der Waals surface area contributed by atoms with Gasteiger partial charge in [0.25, 0.3) is 11.8 Å². The summed E-state index contributed by atoms with van der Waals surface area (Å²) >= 11 is 0. The summed E-state index contributed by atoms with van der Waals surface area (Å²) in [5, 5.41) is 14.4. The minimum absolute atomic E-state index is 0.250. The lowest BCUT2D eigenvalue weighted by molar-refractivity contribution is 0.101. The molecule has 194 valence electrons. The van der Waals surface area contributed by atoms with Crippen LogP contribution in [0.4, 0.5) is 11.4 Å². The highest BCUT2D eigenvalue weighted by molar-refractivity contribution is 6.07. The Bertz CT molecular complexity index is 1010. The second-order valence-corrected chi connectivity index (χ2v) is 8.52. The van der Waals surface area contributed by atoms with Crippen LogP contribution in [0.2, 0.25) is 0 Å². The van der Waals surface area contributed by atoms with Gasteiger partial charge in [0.05, 0.1) is 36.9 Å². The lowest BCUT2D eigenvalue weighted by atomic mass is 10.1. The third-order valence-electron chi connectivity index (χ3n) is 6.27. The summed E-state index contributed by atoms with van der Waals surface area (Å²) in [6.45, 7) is 15.9. The van der Waals surface area contributed by atoms with Gasteiger partial charge in [0, 0.05) is 36.6 Å². The maximum Gasteiger partial charge on any atom is 0.255 e. The number of amides is 2. The van der Waals surface area contributed by atoms with E-state index in [1.54, 1.807) is 36.7 Å². The van der Waals surface area contributed by atoms with E-state index in [-0.39, 0.29) is 11.8 Å². The van der Waals surface area contributed by atoms with E-state index >= 15 is 0 Å². The molecule has 36 heavy (non-hydrogen) atoms. The molecule has 0 atom stereocenters. The predicted molar refractivity (Wildman–Crippen MR) is 142 cm³/mol. The van der Waals surface area contributed by atoms with Crippen molar-refractivity contribution in [2.24, 2.45) is 0 Å². The summed E-state index contributed by atoms with van der Waals surface area (Å²) in [5.41, 5.74) is 2.21. The Balaban J connectivity index is 1.50. The summed E-state index contributed by atoms with van der Waals surface area (Å²) in [7, 11) is 0. The maximum absolute atomic E-state index is 12.6. The number of hydrogen-bond donors (Lipinski definition) is 2. The third kappa shape index (κ3) is 7.76. The minimum atomic E-state index is -0.250. The number of benzene rings is 1. The number of carbonyl (C=O) groups excluding carboxylic acids is 2. The monoisotopic (exact) mass is 494 g/mol. The standard InChI is InChI=1S/C26H38N8O2/c1-5-31(6-2)13-15-33-19-23(17-27-33)29-25(35)21-9-11-22(12-10-21)26(36)30-24-18-28-34(20-24)16-14-32(7-3)8-4/h9-12,17-20H,5-8,13-16H2,1-4H3,(H,29,35)(H,30,36). The van der Waals surface area contributed by atoms with Crippen LogP contribution in [0.1, 0.15) is 48.4 Å². The third-order valence-corrected chi connectivity index (χ3v) is 6.27. The van der Waals surface area contributed by atoms with Gasteiger partial charge < -0.3 is 20.4 Å². The summed E-state index contributed by atoms with van der Waals surface area (Å²) in [6, 6.07) is 6.57. The number of nitrogens with zero attached hydrogens (tertiary/aromatic N) is 6. The smallest absolute Gasteiger partial charge is 0.255 e. The van der Waals surface area contributed by atoms with E-state index in [1.807, 2.05) is 21.8 Å². The molecule has 0 bridgehead atoms. The van der Waals surface area contributed by atoms with Crippen molar-refractivity contribution in [1.29, 1.82) is 0 Å². The van der Waals surface area contributed by atoms with Crippen LogP contribution in [0.3, 0.4) is 0 Å². The molecule has 10 nitrogen and oxygen atoms in total. The maximum atomic E-state index is 12.6. The molecule has 0 aliphatic heterocycles. The first-order valence-corrected chi connectivity index (χ1v) is 12.7. The molecule has 3 aromatic rings. The highest BCUT2D eigenvalue weighted by atomic mass is 16.2. The van der Waals surface area contributed by atoms with E-state index in [4.69, 9.17) is 0 Å². The molecule has 1 aromatic carbocycles. The highest BCUT2D eigenvalue weighted by Gasteiger charge is 2.12. The Morgan fingerprint density at radius 1 is 0.694 bits per heavy atom. The fourth-order valence-corrected chi connectivity index (χ4v) is 3.85. The van der Waals surface area contributed by atoms with Gasteiger partial charge >= 0.3 is 0 Å². The number of rotatable bonds is 14. The molecule has 0 fully saturated rings. The van der Waals surface area contributed by atoms with Crippen LogP contribution in [0.25, 0.3) is 0 Å². The van der Waals surface area contributed by atoms with Crippen molar-refractivity contribution < 1.29 is 9.59 Å². The largest absolute Gasteiger partial charge is 0.319 e. The molecule has 0 saturated carbocycles. The summed E-state index contributed by atoms with van der Waals surface area (Å²) in [5.74, 6) is -0.501. The average molecular weight is 495 g/mol. The molecule has 0 aliphatic rings. The van der Waals surface area contributed by atoms with E-state index in [9.17, 15) is 9.59 Å². The fraction of sp³-hybridized carbons (Fsp3) is 0.462. The quantitative estimate of drug-likeness (QED) is 0.357. The average Bonchev–Trinajstić information content (AvgIpc) is 3.54. The number of aromatic nitrogens is 4. The normalized spacial score (nSPS) is 11.3. The SMILES string of the molecule is CCN(CC)CCn1cc(NC(=O)c2ccc(C(=O)Nc3cnn(CCN(CC)CC)c3)cc2)cn1. The van der Waals surface area contributed by atoms with E-state index in [0.29, 0.717) is 22.5 Å². The number of carbonyl (C=O) groups is 2. The van der Waals surface area contributed by atoms with Crippen LogP contribution >= 0.6 is 0 Å². The molecule has 0 saturated heterocycles. The van der Waals surface area contributed by atoms with Crippen molar-refractivity contribution >= 4 is 23.2 Å². The first kappa shape index (κ1) is 27.1. The van der Waals surface area contributed by atoms with Crippen molar-refractivity contribution in [2.75, 3.05) is 49.9 Å². The zero-order valence-electron chi connectivity index (χ0n) is 21.8. The first-order chi connectivity index (χ1) is 17.4. The first-order valence-electron chi connectivity index (χ1n) is 12.7. The molecule has 10 heteroatoms. The Labute approximate surface area is 213 Å². The van der Waals surface area contributed by atoms with Crippen LogP contribution in [0.5, 0.6) is 0 Å². The molecule has 0 unspecified atom stereocenters. The Morgan fingerprint density at radius 3 is 1.39 bits per heavy atom. The Hall–Kier alpha value is -3.50.